The lowest BCUT2D eigenvalue weighted by Gasteiger charge is -2.11. The summed E-state index contributed by atoms with van der Waals surface area (Å²) in [6, 6.07) is 10.1. The van der Waals surface area contributed by atoms with Gasteiger partial charge in [-0.15, -0.1) is 0 Å². The topological polar surface area (TPSA) is 65.8 Å². The van der Waals surface area contributed by atoms with Crippen molar-refractivity contribution in [1.82, 2.24) is 4.98 Å². The van der Waals surface area contributed by atoms with Crippen molar-refractivity contribution in [2.75, 3.05) is 5.01 Å². The number of rotatable bonds is 2. The monoisotopic (exact) mass is 253 g/mol. The Hall–Kier alpha value is -2.69. The first kappa shape index (κ1) is 11.4. The molecule has 5 nitrogen and oxygen atoms in total. The number of nitrogens with zero attached hydrogens (tertiary/aromatic N) is 3. The highest BCUT2D eigenvalue weighted by Crippen LogP contribution is 2.24. The van der Waals surface area contributed by atoms with Crippen LogP contribution in [0.2, 0.25) is 0 Å². The highest BCUT2D eigenvalue weighted by Gasteiger charge is 2.26. The number of hydrazone groups is 1. The van der Waals surface area contributed by atoms with Crippen molar-refractivity contribution in [3.8, 4) is 5.75 Å². The molecule has 0 radical (unpaired) electrons. The van der Waals surface area contributed by atoms with Crippen molar-refractivity contribution < 1.29 is 9.90 Å². The van der Waals surface area contributed by atoms with Crippen LogP contribution in [0, 0.1) is 0 Å². The first-order chi connectivity index (χ1) is 9.24. The van der Waals surface area contributed by atoms with Gasteiger partial charge in [0.15, 0.2) is 0 Å². The van der Waals surface area contributed by atoms with Gasteiger partial charge in [-0.2, -0.15) is 5.10 Å². The van der Waals surface area contributed by atoms with E-state index in [-0.39, 0.29) is 18.1 Å². The third-order valence-corrected chi connectivity index (χ3v) is 2.86. The number of hydrogen-bond donors (Lipinski definition) is 1. The summed E-state index contributed by atoms with van der Waals surface area (Å²) in [6.07, 6.45) is 3.62. The van der Waals surface area contributed by atoms with Crippen LogP contribution in [0.5, 0.6) is 5.75 Å². The molecule has 0 saturated heterocycles. The van der Waals surface area contributed by atoms with Gasteiger partial charge in [-0.3, -0.25) is 9.78 Å². The van der Waals surface area contributed by atoms with Crippen molar-refractivity contribution in [3.05, 3.63) is 54.4 Å². The number of phenols is 1. The van der Waals surface area contributed by atoms with Gasteiger partial charge in [0, 0.05) is 18.0 Å². The average molecular weight is 253 g/mol. The smallest absolute Gasteiger partial charge is 0.253 e. The van der Waals surface area contributed by atoms with E-state index in [9.17, 15) is 9.90 Å². The zero-order valence-corrected chi connectivity index (χ0v) is 10.0. The summed E-state index contributed by atoms with van der Waals surface area (Å²) >= 11 is 0. The second kappa shape index (κ2) is 4.53. The Bertz CT molecular complexity index is 636. The molecule has 19 heavy (non-hydrogen) atoms. The Kier molecular flexibility index (Phi) is 2.72. The maximum Gasteiger partial charge on any atom is 0.253 e. The van der Waals surface area contributed by atoms with Gasteiger partial charge in [-0.05, 0) is 36.4 Å². The second-order valence-corrected chi connectivity index (χ2v) is 4.19. The molecule has 3 rings (SSSR count). The van der Waals surface area contributed by atoms with Crippen LogP contribution in [0.25, 0.3) is 0 Å². The molecule has 94 valence electrons. The van der Waals surface area contributed by atoms with E-state index in [0.717, 1.165) is 5.56 Å². The molecule has 0 saturated carbocycles. The van der Waals surface area contributed by atoms with E-state index in [1.807, 2.05) is 12.1 Å². The first-order valence-corrected chi connectivity index (χ1v) is 5.84. The van der Waals surface area contributed by atoms with E-state index < -0.39 is 0 Å². The van der Waals surface area contributed by atoms with Crippen LogP contribution in [-0.4, -0.2) is 21.7 Å². The minimum absolute atomic E-state index is 0.0930. The molecule has 1 aliphatic heterocycles. The number of hydrogen-bond acceptors (Lipinski definition) is 4. The summed E-state index contributed by atoms with van der Waals surface area (Å²) in [7, 11) is 0. The SMILES string of the molecule is O=C1CC(c2cccnc2)=NN1c1ccc(O)cc1. The highest BCUT2D eigenvalue weighted by atomic mass is 16.3. The molecular weight excluding hydrogens is 242 g/mol. The van der Waals surface area contributed by atoms with Crippen LogP contribution in [0.15, 0.2) is 53.9 Å². The quantitative estimate of drug-likeness (QED) is 0.889. The zero-order valence-electron chi connectivity index (χ0n) is 10.0. The van der Waals surface area contributed by atoms with Gasteiger partial charge < -0.3 is 5.11 Å². The molecular formula is C14H11N3O2. The van der Waals surface area contributed by atoms with E-state index in [1.54, 1.807) is 24.5 Å². The number of aromatic nitrogens is 1. The van der Waals surface area contributed by atoms with E-state index >= 15 is 0 Å². The van der Waals surface area contributed by atoms with Gasteiger partial charge in [0.25, 0.3) is 5.91 Å². The summed E-state index contributed by atoms with van der Waals surface area (Å²) in [4.78, 5) is 16.0. The van der Waals surface area contributed by atoms with Crippen LogP contribution in [-0.2, 0) is 4.79 Å². The molecule has 1 aliphatic rings. The molecule has 0 fully saturated rings. The van der Waals surface area contributed by atoms with Crippen molar-refractivity contribution in [2.45, 2.75) is 6.42 Å². The van der Waals surface area contributed by atoms with Crippen molar-refractivity contribution in [3.63, 3.8) is 0 Å². The molecule has 1 aromatic carbocycles. The Labute approximate surface area is 109 Å². The molecule has 0 atom stereocenters. The average Bonchev–Trinajstić information content (AvgIpc) is 2.83. The molecule has 0 unspecified atom stereocenters. The minimum atomic E-state index is -0.0930. The molecule has 5 heteroatoms. The number of phenolic OH excluding ortho intramolecular Hbond substituents is 1. The number of carbonyl (C=O) groups excluding carboxylic acids is 1. The van der Waals surface area contributed by atoms with Crippen molar-refractivity contribution in [2.24, 2.45) is 5.10 Å². The lowest BCUT2D eigenvalue weighted by Crippen LogP contribution is -2.19. The molecule has 2 aromatic rings. The summed E-state index contributed by atoms with van der Waals surface area (Å²) in [5.74, 6) is 0.0661. The van der Waals surface area contributed by atoms with Gasteiger partial charge in [0.2, 0.25) is 0 Å². The second-order valence-electron chi connectivity index (χ2n) is 4.19. The summed E-state index contributed by atoms with van der Waals surface area (Å²) in [6.45, 7) is 0. The number of anilines is 1. The van der Waals surface area contributed by atoms with Crippen LogP contribution in [0.3, 0.4) is 0 Å². The number of carbonyl (C=O) groups is 1. The van der Waals surface area contributed by atoms with E-state index in [4.69, 9.17) is 0 Å². The highest BCUT2D eigenvalue weighted by molar-refractivity contribution is 6.19. The molecule has 1 aromatic heterocycles. The molecule has 0 aliphatic carbocycles. The third-order valence-electron chi connectivity index (χ3n) is 2.86. The largest absolute Gasteiger partial charge is 0.508 e. The fourth-order valence-corrected chi connectivity index (χ4v) is 1.92. The lowest BCUT2D eigenvalue weighted by atomic mass is 10.1. The van der Waals surface area contributed by atoms with Gasteiger partial charge in [-0.25, -0.2) is 5.01 Å². The van der Waals surface area contributed by atoms with Crippen LogP contribution in [0.4, 0.5) is 5.69 Å². The Morgan fingerprint density at radius 2 is 1.95 bits per heavy atom. The van der Waals surface area contributed by atoms with Crippen molar-refractivity contribution in [1.29, 1.82) is 0 Å². The lowest BCUT2D eigenvalue weighted by molar-refractivity contribution is -0.116. The normalized spacial score (nSPS) is 14.6. The van der Waals surface area contributed by atoms with Gasteiger partial charge >= 0.3 is 0 Å². The minimum Gasteiger partial charge on any atom is -0.508 e. The number of aromatic hydroxyl groups is 1. The predicted molar refractivity (Wildman–Crippen MR) is 71.0 cm³/mol. The maximum absolute atomic E-state index is 12.0. The number of amides is 1. The number of pyridine rings is 1. The van der Waals surface area contributed by atoms with Crippen LogP contribution in [0.1, 0.15) is 12.0 Å². The zero-order chi connectivity index (χ0) is 13.2. The first-order valence-electron chi connectivity index (χ1n) is 5.84. The Morgan fingerprint density at radius 3 is 2.63 bits per heavy atom. The summed E-state index contributed by atoms with van der Waals surface area (Å²) in [5.41, 5.74) is 2.19. The van der Waals surface area contributed by atoms with Crippen LogP contribution < -0.4 is 5.01 Å². The third kappa shape index (κ3) is 2.18. The van der Waals surface area contributed by atoms with Gasteiger partial charge in [0.05, 0.1) is 17.8 Å². The Morgan fingerprint density at radius 1 is 1.16 bits per heavy atom. The van der Waals surface area contributed by atoms with Gasteiger partial charge in [-0.1, -0.05) is 0 Å². The van der Waals surface area contributed by atoms with Gasteiger partial charge in [0.1, 0.15) is 5.75 Å². The molecule has 0 spiro atoms. The predicted octanol–water partition coefficient (Wildman–Crippen LogP) is 1.93. The summed E-state index contributed by atoms with van der Waals surface area (Å²) < 4.78 is 0. The fourth-order valence-electron chi connectivity index (χ4n) is 1.92. The molecule has 0 bridgehead atoms. The maximum atomic E-state index is 12.0. The van der Waals surface area contributed by atoms with Crippen molar-refractivity contribution >= 4 is 17.3 Å². The fraction of sp³-hybridized carbons (Fsp3) is 0.0714. The van der Waals surface area contributed by atoms with E-state index in [1.165, 1.54) is 17.1 Å². The number of benzene rings is 1. The van der Waals surface area contributed by atoms with E-state index in [0.29, 0.717) is 11.4 Å². The molecule has 1 amide bonds. The molecule has 1 N–H and O–H groups in total. The summed E-state index contributed by atoms with van der Waals surface area (Å²) in [5, 5.41) is 14.9. The van der Waals surface area contributed by atoms with Crippen LogP contribution >= 0.6 is 0 Å². The molecule has 2 heterocycles. The Balaban J connectivity index is 1.93. The standard InChI is InChI=1S/C14H11N3O2/c18-12-5-3-11(4-6-12)17-14(19)8-13(16-17)10-2-1-7-15-9-10/h1-7,9,18H,8H2. The van der Waals surface area contributed by atoms with E-state index in [2.05, 4.69) is 10.1 Å².